The summed E-state index contributed by atoms with van der Waals surface area (Å²) in [5, 5.41) is 19.6. The van der Waals surface area contributed by atoms with Gasteiger partial charge in [0.25, 0.3) is 5.69 Å². The fraction of sp³-hybridized carbons (Fsp3) is 0.455. The van der Waals surface area contributed by atoms with Crippen LogP contribution < -0.4 is 0 Å². The van der Waals surface area contributed by atoms with Crippen LogP contribution in [-0.4, -0.2) is 34.6 Å². The van der Waals surface area contributed by atoms with Crippen LogP contribution in [0, 0.1) is 15.9 Å². The molecule has 1 N–H and O–H groups in total. The smallest absolute Gasteiger partial charge is 0.274 e. The van der Waals surface area contributed by atoms with Crippen molar-refractivity contribution in [3.63, 3.8) is 0 Å². The average molecular weight is 242 g/mol. The highest BCUT2D eigenvalue weighted by Gasteiger charge is 2.16. The minimum atomic E-state index is -0.526. The summed E-state index contributed by atoms with van der Waals surface area (Å²) in [6, 6.07) is 3.40. The zero-order chi connectivity index (χ0) is 12.8. The van der Waals surface area contributed by atoms with Crippen molar-refractivity contribution in [2.24, 2.45) is 0 Å². The molecule has 0 heterocycles. The van der Waals surface area contributed by atoms with Gasteiger partial charge in [-0.1, -0.05) is 6.92 Å². The maximum Gasteiger partial charge on any atom is 0.274 e. The van der Waals surface area contributed by atoms with Gasteiger partial charge in [-0.2, -0.15) is 0 Å². The first-order chi connectivity index (χ1) is 8.08. The number of rotatable bonds is 6. The second-order valence-electron chi connectivity index (χ2n) is 3.62. The number of hydrogen-bond acceptors (Lipinski definition) is 4. The Labute approximate surface area is 98.6 Å². The van der Waals surface area contributed by atoms with Crippen molar-refractivity contribution in [1.29, 1.82) is 0 Å². The van der Waals surface area contributed by atoms with E-state index >= 15 is 0 Å². The van der Waals surface area contributed by atoms with Crippen molar-refractivity contribution >= 4 is 5.69 Å². The molecule has 0 saturated carbocycles. The Balaban J connectivity index is 2.94. The standard InChI is InChI=1S/C11H15FN2O3/c1-2-13(5-6-15)8-9-7-10(12)3-4-11(9)14(16)17/h3-4,7,15H,2,5-6,8H2,1H3. The van der Waals surface area contributed by atoms with Gasteiger partial charge in [0.15, 0.2) is 0 Å². The molecule has 0 aliphatic carbocycles. The lowest BCUT2D eigenvalue weighted by atomic mass is 10.1. The molecule has 17 heavy (non-hydrogen) atoms. The van der Waals surface area contributed by atoms with Gasteiger partial charge in [-0.15, -0.1) is 0 Å². The van der Waals surface area contributed by atoms with Crippen molar-refractivity contribution in [2.45, 2.75) is 13.5 Å². The summed E-state index contributed by atoms with van der Waals surface area (Å²) in [7, 11) is 0. The first kappa shape index (κ1) is 13.5. The molecule has 0 bridgehead atoms. The minimum Gasteiger partial charge on any atom is -0.395 e. The van der Waals surface area contributed by atoms with E-state index in [0.717, 1.165) is 18.2 Å². The lowest BCUT2D eigenvalue weighted by Gasteiger charge is -2.18. The van der Waals surface area contributed by atoms with Gasteiger partial charge in [0, 0.05) is 24.7 Å². The largest absolute Gasteiger partial charge is 0.395 e. The third-order valence-electron chi connectivity index (χ3n) is 2.50. The lowest BCUT2D eigenvalue weighted by Crippen LogP contribution is -2.26. The first-order valence-corrected chi connectivity index (χ1v) is 5.34. The molecule has 94 valence electrons. The predicted octanol–water partition coefficient (Wildman–Crippen LogP) is 1.55. The molecule has 0 atom stereocenters. The van der Waals surface area contributed by atoms with Crippen molar-refractivity contribution in [3.8, 4) is 0 Å². The van der Waals surface area contributed by atoms with E-state index in [4.69, 9.17) is 5.11 Å². The van der Waals surface area contributed by atoms with Crippen LogP contribution in [0.1, 0.15) is 12.5 Å². The monoisotopic (exact) mass is 242 g/mol. The van der Waals surface area contributed by atoms with Crippen LogP contribution in [0.15, 0.2) is 18.2 Å². The summed E-state index contributed by atoms with van der Waals surface area (Å²) in [6.07, 6.45) is 0. The molecule has 6 heteroatoms. The van der Waals surface area contributed by atoms with Crippen molar-refractivity contribution in [1.82, 2.24) is 4.90 Å². The Kier molecular flexibility index (Phi) is 4.99. The summed E-state index contributed by atoms with van der Waals surface area (Å²) in [5.41, 5.74) is 0.230. The van der Waals surface area contributed by atoms with Crippen molar-refractivity contribution < 1.29 is 14.4 Å². The molecule has 0 aromatic heterocycles. The summed E-state index contributed by atoms with van der Waals surface area (Å²) in [4.78, 5) is 12.1. The molecule has 0 spiro atoms. The van der Waals surface area contributed by atoms with Crippen molar-refractivity contribution in [3.05, 3.63) is 39.7 Å². The summed E-state index contributed by atoms with van der Waals surface area (Å²) in [6.45, 7) is 3.14. The molecule has 1 aromatic rings. The van der Waals surface area contributed by atoms with E-state index in [1.165, 1.54) is 0 Å². The molecule has 0 radical (unpaired) electrons. The molecule has 1 rings (SSSR count). The number of halogens is 1. The molecule has 0 aliphatic rings. The van der Waals surface area contributed by atoms with E-state index in [1.807, 2.05) is 11.8 Å². The van der Waals surface area contributed by atoms with Gasteiger partial charge < -0.3 is 5.11 Å². The Morgan fingerprint density at radius 1 is 1.53 bits per heavy atom. The molecule has 0 unspecified atom stereocenters. The van der Waals surface area contributed by atoms with E-state index in [1.54, 1.807) is 0 Å². The van der Waals surface area contributed by atoms with E-state index in [2.05, 4.69) is 0 Å². The topological polar surface area (TPSA) is 66.6 Å². The van der Waals surface area contributed by atoms with Crippen LogP contribution in [-0.2, 0) is 6.54 Å². The maximum absolute atomic E-state index is 13.1. The van der Waals surface area contributed by atoms with Crippen LogP contribution in [0.2, 0.25) is 0 Å². The zero-order valence-electron chi connectivity index (χ0n) is 9.60. The Hall–Kier alpha value is -1.53. The fourth-order valence-corrected chi connectivity index (χ4v) is 1.59. The van der Waals surface area contributed by atoms with Gasteiger partial charge in [0.1, 0.15) is 5.82 Å². The summed E-state index contributed by atoms with van der Waals surface area (Å²) >= 11 is 0. The van der Waals surface area contributed by atoms with E-state index in [9.17, 15) is 14.5 Å². The number of aliphatic hydroxyl groups excluding tert-OH is 1. The first-order valence-electron chi connectivity index (χ1n) is 5.34. The molecule has 5 nitrogen and oxygen atoms in total. The number of nitro groups is 1. The molecule has 0 fully saturated rings. The molecule has 0 saturated heterocycles. The number of benzene rings is 1. The number of nitrogens with zero attached hydrogens (tertiary/aromatic N) is 2. The third kappa shape index (κ3) is 3.76. The Morgan fingerprint density at radius 3 is 2.76 bits per heavy atom. The Morgan fingerprint density at radius 2 is 2.24 bits per heavy atom. The fourth-order valence-electron chi connectivity index (χ4n) is 1.59. The molecular weight excluding hydrogens is 227 g/mol. The quantitative estimate of drug-likeness (QED) is 0.607. The predicted molar refractivity (Wildman–Crippen MR) is 61.1 cm³/mol. The Bertz CT molecular complexity index is 398. The maximum atomic E-state index is 13.1. The number of likely N-dealkylation sites (N-methyl/N-ethyl adjacent to an activating group) is 1. The van der Waals surface area contributed by atoms with Crippen LogP contribution >= 0.6 is 0 Å². The highest BCUT2D eigenvalue weighted by molar-refractivity contribution is 5.40. The molecule has 1 aromatic carbocycles. The second-order valence-corrected chi connectivity index (χ2v) is 3.62. The molecular formula is C11H15FN2O3. The number of nitro benzene ring substituents is 1. The summed E-state index contributed by atoms with van der Waals surface area (Å²) in [5.74, 6) is -0.495. The van der Waals surface area contributed by atoms with E-state index in [-0.39, 0.29) is 18.8 Å². The normalized spacial score (nSPS) is 10.8. The highest BCUT2D eigenvalue weighted by Crippen LogP contribution is 2.21. The van der Waals surface area contributed by atoms with Gasteiger partial charge in [-0.25, -0.2) is 4.39 Å². The van der Waals surface area contributed by atoms with E-state index < -0.39 is 10.7 Å². The van der Waals surface area contributed by atoms with Gasteiger partial charge in [-0.3, -0.25) is 15.0 Å². The lowest BCUT2D eigenvalue weighted by molar-refractivity contribution is -0.385. The SMILES string of the molecule is CCN(CCO)Cc1cc(F)ccc1[N+](=O)[O-]. The molecule has 0 amide bonds. The van der Waals surface area contributed by atoms with Gasteiger partial charge >= 0.3 is 0 Å². The average Bonchev–Trinajstić information content (AvgIpc) is 2.28. The summed E-state index contributed by atoms with van der Waals surface area (Å²) < 4.78 is 13.1. The van der Waals surface area contributed by atoms with Crippen LogP contribution in [0.4, 0.5) is 10.1 Å². The van der Waals surface area contributed by atoms with Crippen LogP contribution in [0.3, 0.4) is 0 Å². The van der Waals surface area contributed by atoms with Crippen LogP contribution in [0.5, 0.6) is 0 Å². The highest BCUT2D eigenvalue weighted by atomic mass is 19.1. The van der Waals surface area contributed by atoms with Gasteiger partial charge in [-0.05, 0) is 18.7 Å². The second kappa shape index (κ2) is 6.27. The van der Waals surface area contributed by atoms with Gasteiger partial charge in [0.05, 0.1) is 11.5 Å². The van der Waals surface area contributed by atoms with Crippen molar-refractivity contribution in [2.75, 3.05) is 19.7 Å². The van der Waals surface area contributed by atoms with E-state index in [0.29, 0.717) is 18.7 Å². The third-order valence-corrected chi connectivity index (χ3v) is 2.50. The van der Waals surface area contributed by atoms with Gasteiger partial charge in [0.2, 0.25) is 0 Å². The van der Waals surface area contributed by atoms with Crippen LogP contribution in [0.25, 0.3) is 0 Å². The minimum absolute atomic E-state index is 0.0308. The molecule has 0 aliphatic heterocycles. The number of aliphatic hydroxyl groups is 1. The zero-order valence-corrected chi connectivity index (χ0v) is 9.60. The number of hydrogen-bond donors (Lipinski definition) is 1.